The molecule has 3 aromatic rings. The van der Waals surface area contributed by atoms with Crippen molar-refractivity contribution in [2.75, 3.05) is 10.0 Å². The molecule has 0 fully saturated rings. The Morgan fingerprint density at radius 2 is 1.52 bits per heavy atom. The highest BCUT2D eigenvalue weighted by Gasteiger charge is 2.17. The molecule has 0 aromatic heterocycles. The van der Waals surface area contributed by atoms with Crippen LogP contribution in [0.25, 0.3) is 0 Å². The highest BCUT2D eigenvalue weighted by molar-refractivity contribution is 9.10. The second-order valence-corrected chi connectivity index (χ2v) is 8.44. The van der Waals surface area contributed by atoms with Gasteiger partial charge in [0.05, 0.1) is 10.6 Å². The molecule has 0 aliphatic rings. The maximum Gasteiger partial charge on any atom is 0.261 e. The molecule has 150 valence electrons. The van der Waals surface area contributed by atoms with Crippen molar-refractivity contribution in [3.63, 3.8) is 0 Å². The average Bonchev–Trinajstić information content (AvgIpc) is 2.66. The molecule has 0 radical (unpaired) electrons. The van der Waals surface area contributed by atoms with Crippen LogP contribution in [0.15, 0.2) is 70.0 Å². The number of carbonyl (C=O) groups is 1. The standard InChI is InChI=1S/C19H12BrF3N2O3S/c20-12-3-8-18(17(23)9-12)24-19(26)11-1-4-13(5-2-11)25-29(27,28)14-6-7-15(21)16(22)10-14/h1-10,25H,(H,24,26). The number of benzene rings is 3. The minimum atomic E-state index is -4.16. The van der Waals surface area contributed by atoms with Gasteiger partial charge in [-0.05, 0) is 60.7 Å². The number of amides is 1. The summed E-state index contributed by atoms with van der Waals surface area (Å²) in [6.07, 6.45) is 0. The zero-order chi connectivity index (χ0) is 21.2. The fourth-order valence-corrected chi connectivity index (χ4v) is 3.74. The van der Waals surface area contributed by atoms with Gasteiger partial charge in [0.1, 0.15) is 5.82 Å². The first kappa shape index (κ1) is 20.9. The van der Waals surface area contributed by atoms with Crippen LogP contribution in [0.4, 0.5) is 24.5 Å². The second-order valence-electron chi connectivity index (χ2n) is 5.84. The Labute approximate surface area is 172 Å². The molecule has 29 heavy (non-hydrogen) atoms. The summed E-state index contributed by atoms with van der Waals surface area (Å²) in [6, 6.07) is 11.6. The van der Waals surface area contributed by atoms with Gasteiger partial charge in [0, 0.05) is 15.7 Å². The zero-order valence-corrected chi connectivity index (χ0v) is 16.8. The molecule has 3 aromatic carbocycles. The quantitative estimate of drug-likeness (QED) is 0.539. The first-order valence-corrected chi connectivity index (χ1v) is 10.3. The summed E-state index contributed by atoms with van der Waals surface area (Å²) >= 11 is 3.12. The number of rotatable bonds is 5. The molecule has 0 heterocycles. The van der Waals surface area contributed by atoms with E-state index < -0.39 is 38.3 Å². The Bertz CT molecular complexity index is 1190. The van der Waals surface area contributed by atoms with E-state index in [0.29, 0.717) is 16.6 Å². The molecular formula is C19H12BrF3N2O3S. The summed E-state index contributed by atoms with van der Waals surface area (Å²) in [7, 11) is -4.16. The third-order valence-corrected chi connectivity index (χ3v) is 5.65. The number of hydrogen-bond donors (Lipinski definition) is 2. The minimum Gasteiger partial charge on any atom is -0.319 e. The van der Waals surface area contributed by atoms with Crippen LogP contribution < -0.4 is 10.0 Å². The van der Waals surface area contributed by atoms with Crippen LogP contribution in [0.3, 0.4) is 0 Å². The van der Waals surface area contributed by atoms with E-state index >= 15 is 0 Å². The maximum absolute atomic E-state index is 13.8. The van der Waals surface area contributed by atoms with Gasteiger partial charge in [-0.1, -0.05) is 15.9 Å². The Morgan fingerprint density at radius 1 is 0.828 bits per heavy atom. The number of anilines is 2. The summed E-state index contributed by atoms with van der Waals surface area (Å²) in [5.74, 6) is -3.67. The highest BCUT2D eigenvalue weighted by Crippen LogP contribution is 2.21. The second kappa shape index (κ2) is 8.26. The molecule has 0 saturated heterocycles. The molecule has 0 saturated carbocycles. The summed E-state index contributed by atoms with van der Waals surface area (Å²) in [5.41, 5.74) is 0.241. The van der Waals surface area contributed by atoms with E-state index in [1.165, 1.54) is 36.4 Å². The normalized spacial score (nSPS) is 11.2. The first-order valence-electron chi connectivity index (χ1n) is 8.00. The molecule has 10 heteroatoms. The fraction of sp³-hybridized carbons (Fsp3) is 0. The van der Waals surface area contributed by atoms with Gasteiger partial charge in [-0.2, -0.15) is 0 Å². The van der Waals surface area contributed by atoms with E-state index in [4.69, 9.17) is 0 Å². The molecule has 0 aliphatic carbocycles. The Hall–Kier alpha value is -2.85. The molecule has 1 amide bonds. The first-order chi connectivity index (χ1) is 13.7. The molecule has 3 rings (SSSR count). The summed E-state index contributed by atoms with van der Waals surface area (Å²) < 4.78 is 67.3. The van der Waals surface area contributed by atoms with Crippen LogP contribution in [-0.4, -0.2) is 14.3 Å². The van der Waals surface area contributed by atoms with Gasteiger partial charge in [0.2, 0.25) is 0 Å². The van der Waals surface area contributed by atoms with Crippen molar-refractivity contribution in [3.05, 3.63) is 88.2 Å². The molecule has 0 unspecified atom stereocenters. The van der Waals surface area contributed by atoms with Gasteiger partial charge < -0.3 is 5.32 Å². The molecule has 0 spiro atoms. The van der Waals surface area contributed by atoms with Crippen molar-refractivity contribution in [1.82, 2.24) is 0 Å². The lowest BCUT2D eigenvalue weighted by Gasteiger charge is -2.10. The molecule has 0 bridgehead atoms. The highest BCUT2D eigenvalue weighted by atomic mass is 79.9. The Kier molecular flexibility index (Phi) is 5.94. The molecule has 0 atom stereocenters. The van der Waals surface area contributed by atoms with Crippen LogP contribution in [-0.2, 0) is 10.0 Å². The van der Waals surface area contributed by atoms with E-state index in [9.17, 15) is 26.4 Å². The van der Waals surface area contributed by atoms with Crippen molar-refractivity contribution < 1.29 is 26.4 Å². The molecule has 0 aliphatic heterocycles. The van der Waals surface area contributed by atoms with Crippen molar-refractivity contribution >= 4 is 43.2 Å². The smallest absolute Gasteiger partial charge is 0.261 e. The number of hydrogen-bond acceptors (Lipinski definition) is 3. The number of halogens is 4. The third-order valence-electron chi connectivity index (χ3n) is 3.78. The van der Waals surface area contributed by atoms with E-state index in [0.717, 1.165) is 6.07 Å². The lowest BCUT2D eigenvalue weighted by Crippen LogP contribution is -2.15. The SMILES string of the molecule is O=C(Nc1ccc(Br)cc1F)c1ccc(NS(=O)(=O)c2ccc(F)c(F)c2)cc1. The maximum atomic E-state index is 13.8. The molecular weight excluding hydrogens is 473 g/mol. The molecule has 5 nitrogen and oxygen atoms in total. The van der Waals surface area contributed by atoms with E-state index in [1.54, 1.807) is 6.07 Å². The van der Waals surface area contributed by atoms with Gasteiger partial charge in [-0.25, -0.2) is 21.6 Å². The number of nitrogens with one attached hydrogen (secondary N) is 2. The van der Waals surface area contributed by atoms with Crippen LogP contribution in [0.5, 0.6) is 0 Å². The number of sulfonamides is 1. The van der Waals surface area contributed by atoms with Crippen molar-refractivity contribution in [2.45, 2.75) is 4.90 Å². The van der Waals surface area contributed by atoms with E-state index in [-0.39, 0.29) is 16.9 Å². The van der Waals surface area contributed by atoms with E-state index in [2.05, 4.69) is 26.0 Å². The van der Waals surface area contributed by atoms with Crippen LogP contribution in [0, 0.1) is 17.5 Å². The van der Waals surface area contributed by atoms with Crippen LogP contribution in [0.1, 0.15) is 10.4 Å². The van der Waals surface area contributed by atoms with Crippen LogP contribution >= 0.6 is 15.9 Å². The zero-order valence-electron chi connectivity index (χ0n) is 14.4. The van der Waals surface area contributed by atoms with Crippen molar-refractivity contribution in [1.29, 1.82) is 0 Å². The number of carbonyl (C=O) groups excluding carboxylic acids is 1. The predicted octanol–water partition coefficient (Wildman–Crippen LogP) is 4.92. The fourth-order valence-electron chi connectivity index (χ4n) is 2.33. The lowest BCUT2D eigenvalue weighted by atomic mass is 10.2. The largest absolute Gasteiger partial charge is 0.319 e. The topological polar surface area (TPSA) is 75.3 Å². The van der Waals surface area contributed by atoms with Crippen molar-refractivity contribution in [2.24, 2.45) is 0 Å². The van der Waals surface area contributed by atoms with Gasteiger partial charge in [-0.15, -0.1) is 0 Å². The van der Waals surface area contributed by atoms with E-state index in [1.807, 2.05) is 0 Å². The van der Waals surface area contributed by atoms with Gasteiger partial charge in [0.15, 0.2) is 11.6 Å². The van der Waals surface area contributed by atoms with Gasteiger partial charge in [0.25, 0.3) is 15.9 Å². The lowest BCUT2D eigenvalue weighted by molar-refractivity contribution is 0.102. The monoisotopic (exact) mass is 484 g/mol. The minimum absolute atomic E-state index is 0.0127. The van der Waals surface area contributed by atoms with Crippen molar-refractivity contribution in [3.8, 4) is 0 Å². The van der Waals surface area contributed by atoms with Gasteiger partial charge in [-0.3, -0.25) is 9.52 Å². The Morgan fingerprint density at radius 3 is 2.14 bits per heavy atom. The predicted molar refractivity (Wildman–Crippen MR) is 106 cm³/mol. The summed E-state index contributed by atoms with van der Waals surface area (Å²) in [4.78, 5) is 11.8. The average molecular weight is 485 g/mol. The summed E-state index contributed by atoms with van der Waals surface area (Å²) in [6.45, 7) is 0. The van der Waals surface area contributed by atoms with Crippen LogP contribution in [0.2, 0.25) is 0 Å². The summed E-state index contributed by atoms with van der Waals surface area (Å²) in [5, 5.41) is 2.41. The van der Waals surface area contributed by atoms with Gasteiger partial charge >= 0.3 is 0 Å². The third kappa shape index (κ3) is 4.96. The molecule has 2 N–H and O–H groups in total. The Balaban J connectivity index is 1.74.